The Labute approximate surface area is 238 Å². The number of piperidine rings is 1. The SMILES string of the molecule is CC(/C=C\C(=C/N)NC(=O)C1=NNC2=CC=C(C3=CC(CN4CCC(F)(F)CC4)=CNC3)CC21)c1ccc(F)cc1. The molecular weight excluding hydrogens is 529 g/mol. The van der Waals surface area contributed by atoms with Gasteiger partial charge in [0.1, 0.15) is 11.5 Å². The van der Waals surface area contributed by atoms with Crippen LogP contribution in [0.5, 0.6) is 0 Å². The number of rotatable bonds is 8. The number of halogens is 3. The Balaban J connectivity index is 1.19. The average molecular weight is 565 g/mol. The molecular formula is C31H35F3N6O. The van der Waals surface area contributed by atoms with Crippen molar-refractivity contribution in [3.8, 4) is 0 Å². The fourth-order valence-corrected chi connectivity index (χ4v) is 5.38. The average Bonchev–Trinajstić information content (AvgIpc) is 3.40. The number of likely N-dealkylation sites (tertiary alicyclic amines) is 1. The third-order valence-electron chi connectivity index (χ3n) is 7.88. The number of nitrogens with zero attached hydrogens (tertiary/aromatic N) is 2. The molecule has 216 valence electrons. The predicted molar refractivity (Wildman–Crippen MR) is 154 cm³/mol. The lowest BCUT2D eigenvalue weighted by atomic mass is 9.84. The molecule has 5 rings (SSSR count). The van der Waals surface area contributed by atoms with E-state index in [0.717, 1.165) is 28.0 Å². The van der Waals surface area contributed by atoms with Crippen molar-refractivity contribution in [1.82, 2.24) is 21.0 Å². The van der Waals surface area contributed by atoms with Crippen molar-refractivity contribution >= 4 is 11.6 Å². The molecule has 10 heteroatoms. The number of allylic oxidation sites excluding steroid dienone is 5. The van der Waals surface area contributed by atoms with Gasteiger partial charge >= 0.3 is 0 Å². The van der Waals surface area contributed by atoms with Gasteiger partial charge in [-0.3, -0.25) is 15.1 Å². The molecule has 1 aromatic rings. The van der Waals surface area contributed by atoms with E-state index in [1.165, 1.54) is 18.3 Å². The van der Waals surface area contributed by atoms with Gasteiger partial charge in [-0.2, -0.15) is 5.10 Å². The lowest BCUT2D eigenvalue weighted by molar-refractivity contribution is -0.114. The second-order valence-electron chi connectivity index (χ2n) is 10.9. The van der Waals surface area contributed by atoms with Gasteiger partial charge in [0.2, 0.25) is 0 Å². The summed E-state index contributed by atoms with van der Waals surface area (Å²) in [6.07, 6.45) is 13.4. The van der Waals surface area contributed by atoms with Crippen LogP contribution >= 0.6 is 0 Å². The van der Waals surface area contributed by atoms with Crippen molar-refractivity contribution in [2.45, 2.75) is 38.0 Å². The highest BCUT2D eigenvalue weighted by atomic mass is 19.3. The normalized spacial score (nSPS) is 23.3. The largest absolute Gasteiger partial charge is 0.403 e. The molecule has 3 aliphatic heterocycles. The first kappa shape index (κ1) is 28.5. The lowest BCUT2D eigenvalue weighted by Crippen LogP contribution is -2.40. The molecule has 0 bridgehead atoms. The van der Waals surface area contributed by atoms with Crippen molar-refractivity contribution in [3.63, 3.8) is 0 Å². The summed E-state index contributed by atoms with van der Waals surface area (Å²) in [6.45, 7) is 3.99. The molecule has 0 spiro atoms. The summed E-state index contributed by atoms with van der Waals surface area (Å²) in [5.41, 5.74) is 14.6. The molecule has 7 nitrogen and oxygen atoms in total. The van der Waals surface area contributed by atoms with E-state index in [4.69, 9.17) is 5.73 Å². The number of carbonyl (C=O) groups is 1. The molecule has 0 aromatic heterocycles. The molecule has 1 aromatic carbocycles. The minimum Gasteiger partial charge on any atom is -0.403 e. The minimum absolute atomic E-state index is 0.0132. The summed E-state index contributed by atoms with van der Waals surface area (Å²) in [4.78, 5) is 15.3. The monoisotopic (exact) mass is 564 g/mol. The summed E-state index contributed by atoms with van der Waals surface area (Å²) in [5.74, 6) is -3.44. The van der Waals surface area contributed by atoms with E-state index in [9.17, 15) is 18.0 Å². The molecule has 1 fully saturated rings. The van der Waals surface area contributed by atoms with Gasteiger partial charge in [-0.05, 0) is 58.9 Å². The van der Waals surface area contributed by atoms with Crippen molar-refractivity contribution in [2.24, 2.45) is 16.8 Å². The van der Waals surface area contributed by atoms with Crippen LogP contribution in [0.25, 0.3) is 0 Å². The summed E-state index contributed by atoms with van der Waals surface area (Å²) in [6, 6.07) is 6.28. The standard InChI is InChI=1S/C31H35F3N6O/c1-20(22-3-6-25(32)7-4-22)2-8-26(16-35)37-30(41)29-27-15-23(5-9-28(27)38-39-29)24-14-21(17-36-18-24)19-40-12-10-31(33,34)11-13-40/h2-9,14,16-17,20,27,36,38H,10-13,15,18-19,35H2,1H3,(H,37,41)/b8-2-,26-16+. The first-order chi connectivity index (χ1) is 19.7. The molecule has 3 heterocycles. The second-order valence-corrected chi connectivity index (χ2v) is 10.9. The molecule has 41 heavy (non-hydrogen) atoms. The summed E-state index contributed by atoms with van der Waals surface area (Å²) in [5, 5.41) is 10.5. The number of hydrogen-bond donors (Lipinski definition) is 4. The van der Waals surface area contributed by atoms with Gasteiger partial charge in [0.15, 0.2) is 0 Å². The van der Waals surface area contributed by atoms with Gasteiger partial charge in [-0.1, -0.05) is 37.3 Å². The zero-order chi connectivity index (χ0) is 29.0. The summed E-state index contributed by atoms with van der Waals surface area (Å²) >= 11 is 0. The van der Waals surface area contributed by atoms with Gasteiger partial charge < -0.3 is 16.4 Å². The maximum atomic E-state index is 13.5. The number of benzene rings is 1. The Morgan fingerprint density at radius 2 is 1.98 bits per heavy atom. The van der Waals surface area contributed by atoms with Crippen LogP contribution in [0, 0.1) is 11.7 Å². The second kappa shape index (κ2) is 12.2. The van der Waals surface area contributed by atoms with Gasteiger partial charge in [-0.25, -0.2) is 13.2 Å². The number of carbonyl (C=O) groups excluding carboxylic acids is 1. The van der Waals surface area contributed by atoms with Crippen molar-refractivity contribution in [2.75, 3.05) is 26.2 Å². The molecule has 1 saturated heterocycles. The molecule has 2 atom stereocenters. The van der Waals surface area contributed by atoms with Gasteiger partial charge in [-0.15, -0.1) is 0 Å². The fraction of sp³-hybridized carbons (Fsp3) is 0.355. The number of alkyl halides is 2. The maximum absolute atomic E-state index is 13.5. The van der Waals surface area contributed by atoms with Crippen LogP contribution in [0.1, 0.15) is 37.7 Å². The summed E-state index contributed by atoms with van der Waals surface area (Å²) < 4.78 is 40.3. The third-order valence-corrected chi connectivity index (χ3v) is 7.88. The molecule has 0 radical (unpaired) electrons. The van der Waals surface area contributed by atoms with E-state index in [0.29, 0.717) is 44.0 Å². The fourth-order valence-electron chi connectivity index (χ4n) is 5.38. The topological polar surface area (TPSA) is 94.8 Å². The Morgan fingerprint density at radius 3 is 2.71 bits per heavy atom. The molecule has 2 unspecified atom stereocenters. The molecule has 5 N–H and O–H groups in total. The van der Waals surface area contributed by atoms with Gasteiger partial charge in [0.25, 0.3) is 11.8 Å². The van der Waals surface area contributed by atoms with Crippen LogP contribution in [0.3, 0.4) is 0 Å². The van der Waals surface area contributed by atoms with Crippen LogP contribution < -0.4 is 21.8 Å². The van der Waals surface area contributed by atoms with E-state index < -0.39 is 5.92 Å². The number of amides is 1. The number of dihydropyridines is 1. The number of nitrogens with one attached hydrogen (secondary N) is 3. The van der Waals surface area contributed by atoms with Crippen molar-refractivity contribution in [1.29, 1.82) is 0 Å². The van der Waals surface area contributed by atoms with Crippen LogP contribution in [-0.4, -0.2) is 48.6 Å². The zero-order valence-electron chi connectivity index (χ0n) is 23.0. The zero-order valence-corrected chi connectivity index (χ0v) is 23.0. The first-order valence-electron chi connectivity index (χ1n) is 13.9. The van der Waals surface area contributed by atoms with Crippen molar-refractivity contribution in [3.05, 3.63) is 107 Å². The van der Waals surface area contributed by atoms with Gasteiger partial charge in [0.05, 0.1) is 11.6 Å². The summed E-state index contributed by atoms with van der Waals surface area (Å²) in [7, 11) is 0. The van der Waals surface area contributed by atoms with E-state index in [-0.39, 0.29) is 36.4 Å². The highest BCUT2D eigenvalue weighted by Gasteiger charge is 2.35. The number of fused-ring (bicyclic) bond motifs is 1. The first-order valence-corrected chi connectivity index (χ1v) is 13.9. The Morgan fingerprint density at radius 1 is 1.22 bits per heavy atom. The van der Waals surface area contributed by atoms with Crippen LogP contribution in [0.2, 0.25) is 0 Å². The Bertz CT molecular complexity index is 1380. The van der Waals surface area contributed by atoms with E-state index in [1.54, 1.807) is 18.2 Å². The smallest absolute Gasteiger partial charge is 0.272 e. The number of hydrazone groups is 1. The van der Waals surface area contributed by atoms with Crippen LogP contribution in [0.4, 0.5) is 13.2 Å². The van der Waals surface area contributed by atoms with E-state index >= 15 is 0 Å². The highest BCUT2D eigenvalue weighted by Crippen LogP contribution is 2.34. The molecule has 0 saturated carbocycles. The third kappa shape index (κ3) is 7.00. The van der Waals surface area contributed by atoms with E-state index in [2.05, 4.69) is 32.1 Å². The number of hydrogen-bond acceptors (Lipinski definition) is 6. The Kier molecular flexibility index (Phi) is 8.49. The maximum Gasteiger partial charge on any atom is 0.272 e. The van der Waals surface area contributed by atoms with E-state index in [1.807, 2.05) is 31.4 Å². The molecule has 1 amide bonds. The quantitative estimate of drug-likeness (QED) is 0.353. The highest BCUT2D eigenvalue weighted by molar-refractivity contribution is 6.41. The molecule has 1 aliphatic carbocycles. The molecule has 4 aliphatic rings. The Hall–Kier alpha value is -4.05. The lowest BCUT2D eigenvalue weighted by Gasteiger charge is -2.32. The van der Waals surface area contributed by atoms with Crippen molar-refractivity contribution < 1.29 is 18.0 Å². The minimum atomic E-state index is -2.56. The predicted octanol–water partition coefficient (Wildman–Crippen LogP) is 4.34. The number of nitrogens with two attached hydrogens (primary N) is 1. The van der Waals surface area contributed by atoms with Crippen LogP contribution in [-0.2, 0) is 4.79 Å². The van der Waals surface area contributed by atoms with Gasteiger partial charge in [0, 0.05) is 57.1 Å². The van der Waals surface area contributed by atoms with Crippen LogP contribution in [0.15, 0.2) is 100 Å².